The monoisotopic (exact) mass is 510 g/mol. The molecule has 28 heavy (non-hydrogen) atoms. The molecule has 1 amide bonds. The third kappa shape index (κ3) is 14.6. The molecule has 0 radical (unpaired) electrons. The lowest BCUT2D eigenvalue weighted by molar-refractivity contribution is 0.0529. The molecule has 1 aromatic rings. The van der Waals surface area contributed by atoms with Gasteiger partial charge in [-0.3, -0.25) is 4.99 Å². The van der Waals surface area contributed by atoms with Crippen molar-refractivity contribution in [1.29, 1.82) is 0 Å². The first-order valence-electron chi connectivity index (χ1n) is 9.50. The fourth-order valence-corrected chi connectivity index (χ4v) is 2.09. The second-order valence-corrected chi connectivity index (χ2v) is 6.89. The van der Waals surface area contributed by atoms with Gasteiger partial charge in [0.15, 0.2) is 5.96 Å². The summed E-state index contributed by atoms with van der Waals surface area (Å²) in [4.78, 5) is 16.2. The summed E-state index contributed by atoms with van der Waals surface area (Å²) in [5.74, 6) is 1.62. The van der Waals surface area contributed by atoms with E-state index < -0.39 is 11.7 Å². The molecule has 0 aliphatic heterocycles. The Balaban J connectivity index is 0.00000729. The van der Waals surface area contributed by atoms with Crippen molar-refractivity contribution in [1.82, 2.24) is 16.0 Å². The Morgan fingerprint density at radius 2 is 1.89 bits per heavy atom. The average Bonchev–Trinajstić information content (AvgIpc) is 3.09. The Labute approximate surface area is 185 Å². The van der Waals surface area contributed by atoms with E-state index in [0.29, 0.717) is 45.4 Å². The lowest BCUT2D eigenvalue weighted by Gasteiger charge is -2.20. The first-order chi connectivity index (χ1) is 12.9. The lowest BCUT2D eigenvalue weighted by Crippen LogP contribution is -2.43. The molecule has 0 unspecified atom stereocenters. The van der Waals surface area contributed by atoms with Gasteiger partial charge in [0.25, 0.3) is 0 Å². The van der Waals surface area contributed by atoms with Crippen LogP contribution in [0.3, 0.4) is 0 Å². The molecular formula is C19H35IN4O4. The number of amides is 1. The maximum absolute atomic E-state index is 11.6. The number of nitrogens with one attached hydrogen (secondary N) is 3. The highest BCUT2D eigenvalue weighted by Crippen LogP contribution is 2.06. The quantitative estimate of drug-likeness (QED) is 0.183. The zero-order valence-corrected chi connectivity index (χ0v) is 19.7. The summed E-state index contributed by atoms with van der Waals surface area (Å²) in [7, 11) is 0. The number of halogens is 1. The Bertz CT molecular complexity index is 545. The Kier molecular flexibility index (Phi) is 14.6. The largest absolute Gasteiger partial charge is 0.469 e. The smallest absolute Gasteiger partial charge is 0.407 e. The molecule has 0 aliphatic carbocycles. The molecule has 0 saturated carbocycles. The normalized spacial score (nSPS) is 11.5. The summed E-state index contributed by atoms with van der Waals surface area (Å²) >= 11 is 0. The summed E-state index contributed by atoms with van der Waals surface area (Å²) < 4.78 is 15.9. The van der Waals surface area contributed by atoms with Crippen molar-refractivity contribution in [3.63, 3.8) is 0 Å². The van der Waals surface area contributed by atoms with Gasteiger partial charge in [-0.15, -0.1) is 24.0 Å². The number of ether oxygens (including phenoxy) is 2. The van der Waals surface area contributed by atoms with Crippen molar-refractivity contribution in [3.8, 4) is 0 Å². The zero-order valence-electron chi connectivity index (χ0n) is 17.4. The Morgan fingerprint density at radius 3 is 2.54 bits per heavy atom. The number of furan rings is 1. The van der Waals surface area contributed by atoms with Crippen LogP contribution in [-0.2, 0) is 15.9 Å². The van der Waals surface area contributed by atoms with E-state index in [-0.39, 0.29) is 24.0 Å². The number of carbonyl (C=O) groups excluding carboxylic acids is 1. The lowest BCUT2D eigenvalue weighted by atomic mass is 10.2. The van der Waals surface area contributed by atoms with Crippen LogP contribution in [0.15, 0.2) is 27.8 Å². The minimum Gasteiger partial charge on any atom is -0.469 e. The van der Waals surface area contributed by atoms with E-state index >= 15 is 0 Å². The highest BCUT2D eigenvalue weighted by Gasteiger charge is 2.15. The van der Waals surface area contributed by atoms with Crippen molar-refractivity contribution in [2.24, 2.45) is 4.99 Å². The molecule has 0 fully saturated rings. The van der Waals surface area contributed by atoms with Crippen LogP contribution in [-0.4, -0.2) is 57.0 Å². The van der Waals surface area contributed by atoms with Crippen LogP contribution in [0.1, 0.15) is 39.9 Å². The van der Waals surface area contributed by atoms with Crippen molar-refractivity contribution in [3.05, 3.63) is 24.2 Å². The second-order valence-electron chi connectivity index (χ2n) is 6.89. The fourth-order valence-electron chi connectivity index (χ4n) is 2.09. The van der Waals surface area contributed by atoms with E-state index in [1.165, 1.54) is 0 Å². The molecule has 0 bridgehead atoms. The summed E-state index contributed by atoms with van der Waals surface area (Å²) in [6, 6.07) is 3.82. The zero-order chi connectivity index (χ0) is 20.0. The first kappa shape index (κ1) is 26.5. The highest BCUT2D eigenvalue weighted by molar-refractivity contribution is 14.0. The first-order valence-corrected chi connectivity index (χ1v) is 9.50. The second kappa shape index (κ2) is 15.4. The fraction of sp³-hybridized carbons (Fsp3) is 0.684. The number of alkyl carbamates (subject to hydrolysis) is 1. The van der Waals surface area contributed by atoms with Gasteiger partial charge in [0.2, 0.25) is 0 Å². The minimum absolute atomic E-state index is 0. The molecule has 0 spiro atoms. The van der Waals surface area contributed by atoms with Gasteiger partial charge < -0.3 is 29.8 Å². The predicted molar refractivity (Wildman–Crippen MR) is 121 cm³/mol. The molecule has 8 nitrogen and oxygen atoms in total. The van der Waals surface area contributed by atoms with Crippen LogP contribution in [0.25, 0.3) is 0 Å². The van der Waals surface area contributed by atoms with Gasteiger partial charge in [-0.2, -0.15) is 0 Å². The van der Waals surface area contributed by atoms with Crippen molar-refractivity contribution < 1.29 is 18.7 Å². The molecule has 0 aromatic carbocycles. The predicted octanol–water partition coefficient (Wildman–Crippen LogP) is 2.93. The number of carbonyl (C=O) groups is 1. The van der Waals surface area contributed by atoms with Crippen molar-refractivity contribution >= 4 is 36.0 Å². The van der Waals surface area contributed by atoms with Crippen molar-refractivity contribution in [2.45, 2.75) is 46.1 Å². The Morgan fingerprint density at radius 1 is 1.18 bits per heavy atom. The van der Waals surface area contributed by atoms with E-state index in [1.54, 1.807) is 6.26 Å². The van der Waals surface area contributed by atoms with Crippen LogP contribution >= 0.6 is 24.0 Å². The minimum atomic E-state index is -0.502. The van der Waals surface area contributed by atoms with Gasteiger partial charge in [-0.05, 0) is 46.2 Å². The van der Waals surface area contributed by atoms with E-state index in [1.807, 2.05) is 39.8 Å². The van der Waals surface area contributed by atoms with E-state index in [9.17, 15) is 4.79 Å². The topological polar surface area (TPSA) is 97.1 Å². The van der Waals surface area contributed by atoms with Gasteiger partial charge in [0.1, 0.15) is 11.4 Å². The van der Waals surface area contributed by atoms with Crippen LogP contribution in [0.2, 0.25) is 0 Å². The number of aliphatic imine (C=N–C) groups is 1. The maximum atomic E-state index is 11.6. The third-order valence-corrected chi connectivity index (χ3v) is 3.25. The number of hydrogen-bond donors (Lipinski definition) is 3. The summed E-state index contributed by atoms with van der Waals surface area (Å²) in [5, 5.41) is 9.19. The maximum Gasteiger partial charge on any atom is 0.407 e. The molecule has 3 N–H and O–H groups in total. The van der Waals surface area contributed by atoms with Crippen molar-refractivity contribution in [2.75, 3.05) is 39.4 Å². The molecule has 1 heterocycles. The van der Waals surface area contributed by atoms with Crippen LogP contribution in [0, 0.1) is 0 Å². The molecular weight excluding hydrogens is 475 g/mol. The van der Waals surface area contributed by atoms with Gasteiger partial charge in [0, 0.05) is 45.8 Å². The standard InChI is InChI=1S/C19H34N4O4.HI/c1-5-25-14-7-10-20-17(21-11-9-16-8-6-15-26-16)22-12-13-23-18(24)27-19(2,3)4;/h6,8,15H,5,7,9-14H2,1-4H3,(H,23,24)(H2,20,21,22);1H. The Hall–Kier alpha value is -1.49. The van der Waals surface area contributed by atoms with E-state index in [2.05, 4.69) is 20.9 Å². The molecule has 1 rings (SSSR count). The number of rotatable bonds is 11. The molecule has 0 aliphatic rings. The van der Waals surface area contributed by atoms with Gasteiger partial charge >= 0.3 is 6.09 Å². The van der Waals surface area contributed by atoms with Gasteiger partial charge in [0.05, 0.1) is 6.26 Å². The van der Waals surface area contributed by atoms with Crippen LogP contribution < -0.4 is 16.0 Å². The summed E-state index contributed by atoms with van der Waals surface area (Å²) in [5.41, 5.74) is -0.502. The molecule has 9 heteroatoms. The number of nitrogens with zero attached hydrogens (tertiary/aromatic N) is 1. The average molecular weight is 510 g/mol. The van der Waals surface area contributed by atoms with Gasteiger partial charge in [-0.25, -0.2) is 4.79 Å². The number of hydrogen-bond acceptors (Lipinski definition) is 5. The molecule has 0 atom stereocenters. The molecule has 162 valence electrons. The highest BCUT2D eigenvalue weighted by atomic mass is 127. The van der Waals surface area contributed by atoms with E-state index in [4.69, 9.17) is 13.9 Å². The SMILES string of the molecule is CCOCCCN=C(NCCNC(=O)OC(C)(C)C)NCCc1ccco1.I. The summed E-state index contributed by atoms with van der Waals surface area (Å²) in [6.45, 7) is 11.2. The molecule has 1 aromatic heterocycles. The third-order valence-electron chi connectivity index (χ3n) is 3.25. The molecule has 0 saturated heterocycles. The van der Waals surface area contributed by atoms with Crippen LogP contribution in [0.4, 0.5) is 4.79 Å². The number of guanidine groups is 1. The van der Waals surface area contributed by atoms with Crippen LogP contribution in [0.5, 0.6) is 0 Å². The summed E-state index contributed by atoms with van der Waals surface area (Å²) in [6.07, 6.45) is 2.86. The van der Waals surface area contributed by atoms with Gasteiger partial charge in [-0.1, -0.05) is 0 Å². The van der Waals surface area contributed by atoms with E-state index in [0.717, 1.165) is 18.6 Å².